The lowest BCUT2D eigenvalue weighted by Crippen LogP contribution is -2.57. The first-order valence-corrected chi connectivity index (χ1v) is 7.20. The predicted molar refractivity (Wildman–Crippen MR) is 73.5 cm³/mol. The highest BCUT2D eigenvalue weighted by atomic mass is 16.5. The van der Waals surface area contributed by atoms with Crippen LogP contribution in [-0.4, -0.2) is 60.9 Å². The van der Waals surface area contributed by atoms with Gasteiger partial charge in [0.1, 0.15) is 12.1 Å². The lowest BCUT2D eigenvalue weighted by atomic mass is 9.80. The normalized spacial score (nSPS) is 17.7. The summed E-state index contributed by atoms with van der Waals surface area (Å²) in [5.41, 5.74) is -1.06. The third-order valence-corrected chi connectivity index (χ3v) is 3.90. The highest BCUT2D eigenvalue weighted by Gasteiger charge is 2.45. The summed E-state index contributed by atoms with van der Waals surface area (Å²) >= 11 is 0. The summed E-state index contributed by atoms with van der Waals surface area (Å²) in [6.45, 7) is 3.18. The van der Waals surface area contributed by atoms with Crippen molar-refractivity contribution in [2.75, 3.05) is 33.5 Å². The monoisotopic (exact) mass is 287 g/mol. The van der Waals surface area contributed by atoms with Crippen molar-refractivity contribution in [3.63, 3.8) is 0 Å². The molecule has 1 fully saturated rings. The molecule has 0 aromatic rings. The maximum absolute atomic E-state index is 12.1. The van der Waals surface area contributed by atoms with E-state index in [2.05, 4.69) is 0 Å². The van der Waals surface area contributed by atoms with Crippen molar-refractivity contribution < 1.29 is 24.2 Å². The van der Waals surface area contributed by atoms with Gasteiger partial charge in [0.2, 0.25) is 5.91 Å². The Balaban J connectivity index is 2.50. The first kappa shape index (κ1) is 16.9. The van der Waals surface area contributed by atoms with Crippen molar-refractivity contribution in [2.45, 2.75) is 44.6 Å². The molecule has 20 heavy (non-hydrogen) atoms. The molecule has 0 spiro atoms. The van der Waals surface area contributed by atoms with Gasteiger partial charge < -0.3 is 19.5 Å². The van der Waals surface area contributed by atoms with E-state index in [9.17, 15) is 14.7 Å². The maximum Gasteiger partial charge on any atom is 0.329 e. The number of nitrogens with zero attached hydrogens (tertiary/aromatic N) is 1. The van der Waals surface area contributed by atoms with Crippen molar-refractivity contribution in [3.8, 4) is 0 Å². The summed E-state index contributed by atoms with van der Waals surface area (Å²) in [6, 6.07) is 0. The molecule has 116 valence electrons. The van der Waals surface area contributed by atoms with E-state index in [-0.39, 0.29) is 12.5 Å². The quantitative estimate of drug-likeness (QED) is 0.681. The van der Waals surface area contributed by atoms with Crippen LogP contribution in [0, 0.1) is 0 Å². The van der Waals surface area contributed by atoms with Crippen molar-refractivity contribution in [3.05, 3.63) is 0 Å². The van der Waals surface area contributed by atoms with E-state index in [1.165, 1.54) is 4.90 Å². The summed E-state index contributed by atoms with van der Waals surface area (Å²) in [5.74, 6) is -1.20. The van der Waals surface area contributed by atoms with E-state index < -0.39 is 11.5 Å². The third kappa shape index (κ3) is 4.18. The van der Waals surface area contributed by atoms with Crippen molar-refractivity contribution in [1.29, 1.82) is 0 Å². The SMILES string of the molecule is CCOCCOCC(=O)N(C)C1(C(=O)O)CCCCC1. The fraction of sp³-hybridized carbons (Fsp3) is 0.857. The summed E-state index contributed by atoms with van der Waals surface area (Å²) in [7, 11) is 1.56. The molecule has 1 aliphatic carbocycles. The molecule has 0 aromatic carbocycles. The highest BCUT2D eigenvalue weighted by Crippen LogP contribution is 2.33. The molecule has 6 heteroatoms. The van der Waals surface area contributed by atoms with Crippen LogP contribution in [0.1, 0.15) is 39.0 Å². The Morgan fingerprint density at radius 2 is 1.75 bits per heavy atom. The van der Waals surface area contributed by atoms with Crippen LogP contribution < -0.4 is 0 Å². The lowest BCUT2D eigenvalue weighted by Gasteiger charge is -2.40. The van der Waals surface area contributed by atoms with Crippen LogP contribution in [0.5, 0.6) is 0 Å². The van der Waals surface area contributed by atoms with Crippen LogP contribution in [0.3, 0.4) is 0 Å². The molecule has 0 saturated heterocycles. The molecule has 0 radical (unpaired) electrons. The van der Waals surface area contributed by atoms with Gasteiger partial charge in [0, 0.05) is 13.7 Å². The van der Waals surface area contributed by atoms with Gasteiger partial charge in [-0.25, -0.2) is 4.79 Å². The van der Waals surface area contributed by atoms with Gasteiger partial charge >= 0.3 is 5.97 Å². The Labute approximate surface area is 120 Å². The van der Waals surface area contributed by atoms with E-state index in [0.29, 0.717) is 32.7 Å². The minimum absolute atomic E-state index is 0.0986. The number of rotatable bonds is 8. The summed E-state index contributed by atoms with van der Waals surface area (Å²) in [4.78, 5) is 25.0. The van der Waals surface area contributed by atoms with Crippen LogP contribution in [0.2, 0.25) is 0 Å². The van der Waals surface area contributed by atoms with Crippen LogP contribution in [0.25, 0.3) is 0 Å². The third-order valence-electron chi connectivity index (χ3n) is 3.90. The fourth-order valence-corrected chi connectivity index (χ4v) is 2.59. The number of hydrogen-bond acceptors (Lipinski definition) is 4. The number of ether oxygens (including phenoxy) is 2. The largest absolute Gasteiger partial charge is 0.479 e. The van der Waals surface area contributed by atoms with Crippen molar-refractivity contribution in [1.82, 2.24) is 4.90 Å². The molecule has 1 aliphatic rings. The average molecular weight is 287 g/mol. The van der Waals surface area contributed by atoms with Gasteiger partial charge in [0.15, 0.2) is 0 Å². The van der Waals surface area contributed by atoms with Crippen LogP contribution in [0.15, 0.2) is 0 Å². The molecule has 1 amide bonds. The zero-order valence-corrected chi connectivity index (χ0v) is 12.4. The molecule has 6 nitrogen and oxygen atoms in total. The molecule has 0 bridgehead atoms. The number of carboxylic acid groups (broad SMARTS) is 1. The molecule has 1 saturated carbocycles. The van der Waals surface area contributed by atoms with Gasteiger partial charge in [-0.05, 0) is 19.8 Å². The number of hydrogen-bond donors (Lipinski definition) is 1. The summed E-state index contributed by atoms with van der Waals surface area (Å²) in [6.07, 6.45) is 3.75. The van der Waals surface area contributed by atoms with Gasteiger partial charge in [-0.1, -0.05) is 19.3 Å². The van der Waals surface area contributed by atoms with E-state index in [1.54, 1.807) is 7.05 Å². The number of carboxylic acids is 1. The summed E-state index contributed by atoms with van der Waals surface area (Å²) in [5, 5.41) is 9.49. The number of aliphatic carboxylic acids is 1. The van der Waals surface area contributed by atoms with E-state index in [1.807, 2.05) is 6.92 Å². The number of likely N-dealkylation sites (N-methyl/N-ethyl adjacent to an activating group) is 1. The molecule has 0 heterocycles. The molecule has 1 N–H and O–H groups in total. The molecular formula is C14H25NO5. The molecular weight excluding hydrogens is 262 g/mol. The number of amides is 1. The van der Waals surface area contributed by atoms with Crippen LogP contribution in [0.4, 0.5) is 0 Å². The standard InChI is InChI=1S/C14H25NO5/c1-3-19-9-10-20-11-12(16)15(2)14(13(17)18)7-5-4-6-8-14/h3-11H2,1-2H3,(H,17,18). The van der Waals surface area contributed by atoms with Crippen LogP contribution in [-0.2, 0) is 19.1 Å². The predicted octanol–water partition coefficient (Wildman–Crippen LogP) is 1.29. The fourth-order valence-electron chi connectivity index (χ4n) is 2.59. The van der Waals surface area contributed by atoms with Gasteiger partial charge in [-0.3, -0.25) is 4.79 Å². The minimum atomic E-state index is -1.06. The molecule has 0 atom stereocenters. The average Bonchev–Trinajstić information content (AvgIpc) is 2.46. The first-order chi connectivity index (χ1) is 9.54. The number of carbonyl (C=O) groups excluding carboxylic acids is 1. The zero-order chi connectivity index (χ0) is 15.0. The Morgan fingerprint density at radius 1 is 1.15 bits per heavy atom. The molecule has 0 aromatic heterocycles. The van der Waals surface area contributed by atoms with Crippen molar-refractivity contribution >= 4 is 11.9 Å². The second kappa shape index (κ2) is 8.21. The van der Waals surface area contributed by atoms with Gasteiger partial charge in [-0.2, -0.15) is 0 Å². The first-order valence-electron chi connectivity index (χ1n) is 7.20. The lowest BCUT2D eigenvalue weighted by molar-refractivity contribution is -0.162. The number of carbonyl (C=O) groups is 2. The van der Waals surface area contributed by atoms with Gasteiger partial charge in [0.25, 0.3) is 0 Å². The zero-order valence-electron chi connectivity index (χ0n) is 12.4. The molecule has 0 unspecified atom stereocenters. The topological polar surface area (TPSA) is 76.1 Å². The van der Waals surface area contributed by atoms with Crippen LogP contribution >= 0.6 is 0 Å². The van der Waals surface area contributed by atoms with Gasteiger partial charge in [-0.15, -0.1) is 0 Å². The molecule has 0 aliphatic heterocycles. The second-order valence-corrected chi connectivity index (χ2v) is 5.10. The van der Waals surface area contributed by atoms with E-state index in [4.69, 9.17) is 9.47 Å². The Bertz CT molecular complexity index is 326. The Kier molecular flexibility index (Phi) is 6.95. The second-order valence-electron chi connectivity index (χ2n) is 5.10. The smallest absolute Gasteiger partial charge is 0.329 e. The highest BCUT2D eigenvalue weighted by molar-refractivity contribution is 5.87. The molecule has 1 rings (SSSR count). The summed E-state index contributed by atoms with van der Waals surface area (Å²) < 4.78 is 10.3. The minimum Gasteiger partial charge on any atom is -0.479 e. The maximum atomic E-state index is 12.1. The van der Waals surface area contributed by atoms with Crippen molar-refractivity contribution in [2.24, 2.45) is 0 Å². The van der Waals surface area contributed by atoms with Gasteiger partial charge in [0.05, 0.1) is 13.2 Å². The Morgan fingerprint density at radius 3 is 2.30 bits per heavy atom. The van der Waals surface area contributed by atoms with E-state index in [0.717, 1.165) is 19.3 Å². The van der Waals surface area contributed by atoms with E-state index >= 15 is 0 Å². The Hall–Kier alpha value is -1.14.